The van der Waals surface area contributed by atoms with Crippen LogP contribution >= 0.6 is 0 Å². The lowest BCUT2D eigenvalue weighted by Gasteiger charge is -2.31. The van der Waals surface area contributed by atoms with Crippen molar-refractivity contribution >= 4 is 17.5 Å². The quantitative estimate of drug-likeness (QED) is 0.444. The molecule has 0 spiro atoms. The van der Waals surface area contributed by atoms with E-state index in [0.29, 0.717) is 26.2 Å². The Hall–Kier alpha value is -1.95. The summed E-state index contributed by atoms with van der Waals surface area (Å²) < 4.78 is 10.3. The fraction of sp³-hybridized carbons (Fsp3) is 0.542. The fourth-order valence-electron chi connectivity index (χ4n) is 3.76. The van der Waals surface area contributed by atoms with Crippen molar-refractivity contribution in [3.8, 4) is 0 Å². The smallest absolute Gasteiger partial charge is 0.159 e. The first-order chi connectivity index (χ1) is 13.9. The minimum atomic E-state index is -0.0356. The first kappa shape index (κ1) is 23.3. The van der Waals surface area contributed by atoms with Crippen LogP contribution in [0.4, 0.5) is 5.69 Å². The summed E-state index contributed by atoms with van der Waals surface area (Å²) in [6, 6.07) is 8.40. The predicted octanol–water partition coefficient (Wildman–Crippen LogP) is 4.21. The Balaban J connectivity index is 2.09. The number of rotatable bonds is 11. The number of likely N-dealkylation sites (N-methyl/N-ethyl adjacent to an activating group) is 1. The van der Waals surface area contributed by atoms with Crippen LogP contribution in [0.3, 0.4) is 0 Å². The highest BCUT2D eigenvalue weighted by atomic mass is 16.7. The van der Waals surface area contributed by atoms with Crippen molar-refractivity contribution in [2.75, 3.05) is 45.1 Å². The van der Waals surface area contributed by atoms with Gasteiger partial charge in [0, 0.05) is 44.5 Å². The topological polar surface area (TPSA) is 59.0 Å². The predicted molar refractivity (Wildman–Crippen MR) is 118 cm³/mol. The first-order valence-electron chi connectivity index (χ1n) is 10.4. The van der Waals surface area contributed by atoms with Gasteiger partial charge in [-0.15, -0.1) is 0 Å². The van der Waals surface area contributed by atoms with Crippen LogP contribution in [0.25, 0.3) is 6.08 Å². The summed E-state index contributed by atoms with van der Waals surface area (Å²) in [4.78, 5) is 14.7. The summed E-state index contributed by atoms with van der Waals surface area (Å²) in [5.74, 6) is 0.166. The van der Waals surface area contributed by atoms with Gasteiger partial charge in [0.1, 0.15) is 6.79 Å². The highest BCUT2D eigenvalue weighted by Crippen LogP contribution is 2.38. The molecule has 1 aliphatic carbocycles. The standard InChI is InChI=1S/C24H35NO4/c1-5-25(13-15-29-18-28-4)21-10-7-19(8-11-21)6-9-20-16-24(2,3)17-23(27)22(20)12-14-26/h6-11,26H,5,12-18H2,1-4H3/b9-6+. The van der Waals surface area contributed by atoms with Gasteiger partial charge in [0.05, 0.1) is 6.61 Å². The van der Waals surface area contributed by atoms with Crippen molar-refractivity contribution in [1.82, 2.24) is 0 Å². The molecule has 5 heteroatoms. The number of carbonyl (C=O) groups excluding carboxylic acids is 1. The van der Waals surface area contributed by atoms with Gasteiger partial charge >= 0.3 is 0 Å². The number of nitrogens with zero attached hydrogens (tertiary/aromatic N) is 1. The Bertz CT molecular complexity index is 719. The number of Topliss-reactive ketones (excluding diaryl/α,β-unsaturated/α-hetero) is 1. The van der Waals surface area contributed by atoms with Crippen LogP contribution in [-0.2, 0) is 14.3 Å². The summed E-state index contributed by atoms with van der Waals surface area (Å²) >= 11 is 0. The van der Waals surface area contributed by atoms with Crippen LogP contribution in [0.2, 0.25) is 0 Å². The molecule has 0 aromatic heterocycles. The van der Waals surface area contributed by atoms with E-state index in [2.05, 4.69) is 62.1 Å². The average Bonchev–Trinajstić information content (AvgIpc) is 2.69. The molecule has 2 rings (SSSR count). The molecule has 0 unspecified atom stereocenters. The number of benzene rings is 1. The minimum Gasteiger partial charge on any atom is -0.396 e. The lowest BCUT2D eigenvalue weighted by Crippen LogP contribution is -2.27. The van der Waals surface area contributed by atoms with E-state index in [4.69, 9.17) is 9.47 Å². The maximum absolute atomic E-state index is 12.5. The number of hydrogen-bond donors (Lipinski definition) is 1. The van der Waals surface area contributed by atoms with Gasteiger partial charge in [0.15, 0.2) is 5.78 Å². The van der Waals surface area contributed by atoms with Gasteiger partial charge in [0.2, 0.25) is 0 Å². The van der Waals surface area contributed by atoms with E-state index in [0.717, 1.165) is 41.9 Å². The molecule has 0 saturated carbocycles. The number of ether oxygens (including phenoxy) is 2. The molecule has 0 fully saturated rings. The third kappa shape index (κ3) is 7.11. The third-order valence-electron chi connectivity index (χ3n) is 5.22. The second kappa shape index (κ2) is 11.3. The monoisotopic (exact) mass is 401 g/mol. The number of hydrogen-bond acceptors (Lipinski definition) is 5. The van der Waals surface area contributed by atoms with E-state index in [1.165, 1.54) is 0 Å². The van der Waals surface area contributed by atoms with Crippen LogP contribution < -0.4 is 4.90 Å². The highest BCUT2D eigenvalue weighted by Gasteiger charge is 2.31. The second-order valence-electron chi connectivity index (χ2n) is 8.24. The number of anilines is 1. The SMILES string of the molecule is CCN(CCOCOC)c1ccc(/C=C/C2=C(CCO)C(=O)CC(C)(C)C2)cc1. The van der Waals surface area contributed by atoms with Crippen LogP contribution in [0, 0.1) is 5.41 Å². The van der Waals surface area contributed by atoms with Crippen molar-refractivity contribution in [3.05, 3.63) is 47.1 Å². The summed E-state index contributed by atoms with van der Waals surface area (Å²) in [7, 11) is 1.62. The number of allylic oxidation sites excluding steroid dienone is 2. The van der Waals surface area contributed by atoms with E-state index in [1.54, 1.807) is 7.11 Å². The number of methoxy groups -OCH3 is 1. The zero-order valence-corrected chi connectivity index (χ0v) is 18.2. The lowest BCUT2D eigenvalue weighted by atomic mass is 9.73. The largest absolute Gasteiger partial charge is 0.396 e. The Labute approximate surface area is 175 Å². The van der Waals surface area contributed by atoms with Crippen molar-refractivity contribution in [1.29, 1.82) is 0 Å². The van der Waals surface area contributed by atoms with Crippen LogP contribution in [0.1, 0.15) is 45.6 Å². The maximum atomic E-state index is 12.5. The van der Waals surface area contributed by atoms with Crippen LogP contribution in [0.5, 0.6) is 0 Å². The first-order valence-corrected chi connectivity index (χ1v) is 10.4. The van der Waals surface area contributed by atoms with Crippen molar-refractivity contribution < 1.29 is 19.4 Å². The zero-order chi connectivity index (χ0) is 21.3. The molecule has 0 amide bonds. The van der Waals surface area contributed by atoms with Gasteiger partial charge < -0.3 is 19.5 Å². The maximum Gasteiger partial charge on any atom is 0.159 e. The molecule has 1 aromatic carbocycles. The van der Waals surface area contributed by atoms with E-state index < -0.39 is 0 Å². The van der Waals surface area contributed by atoms with Gasteiger partial charge in [-0.3, -0.25) is 4.79 Å². The summed E-state index contributed by atoms with van der Waals surface area (Å²) in [5.41, 5.74) is 4.04. The van der Waals surface area contributed by atoms with E-state index in [9.17, 15) is 9.90 Å². The highest BCUT2D eigenvalue weighted by molar-refractivity contribution is 5.98. The molecule has 0 aliphatic heterocycles. The Morgan fingerprint density at radius 2 is 1.90 bits per heavy atom. The summed E-state index contributed by atoms with van der Waals surface area (Å²) in [6.07, 6.45) is 5.95. The number of carbonyl (C=O) groups is 1. The van der Waals surface area contributed by atoms with Crippen LogP contribution in [-0.4, -0.2) is 51.1 Å². The molecule has 1 aromatic rings. The normalized spacial score (nSPS) is 16.7. The molecular weight excluding hydrogens is 366 g/mol. The van der Waals surface area contributed by atoms with Crippen molar-refractivity contribution in [2.24, 2.45) is 5.41 Å². The second-order valence-corrected chi connectivity index (χ2v) is 8.24. The van der Waals surface area contributed by atoms with Gasteiger partial charge in [-0.2, -0.15) is 0 Å². The average molecular weight is 402 g/mol. The number of aliphatic hydroxyl groups is 1. The van der Waals surface area contributed by atoms with Crippen LogP contribution in [0.15, 0.2) is 41.5 Å². The Morgan fingerprint density at radius 1 is 1.17 bits per heavy atom. The number of ketones is 1. The summed E-state index contributed by atoms with van der Waals surface area (Å²) in [6.45, 7) is 9.03. The van der Waals surface area contributed by atoms with Crippen molar-refractivity contribution in [2.45, 2.75) is 40.0 Å². The van der Waals surface area contributed by atoms with Gasteiger partial charge in [-0.1, -0.05) is 38.1 Å². The zero-order valence-electron chi connectivity index (χ0n) is 18.2. The van der Waals surface area contributed by atoms with Gasteiger partial charge in [-0.05, 0) is 48.4 Å². The Kier molecular flexibility index (Phi) is 9.08. The molecular formula is C24H35NO4. The molecule has 0 bridgehead atoms. The van der Waals surface area contributed by atoms with Gasteiger partial charge in [0.25, 0.3) is 0 Å². The minimum absolute atomic E-state index is 0.00842. The molecule has 5 nitrogen and oxygen atoms in total. The lowest BCUT2D eigenvalue weighted by molar-refractivity contribution is -0.118. The molecule has 29 heavy (non-hydrogen) atoms. The Morgan fingerprint density at radius 3 is 2.52 bits per heavy atom. The van der Waals surface area contributed by atoms with E-state index in [-0.39, 0.29) is 17.8 Å². The number of aliphatic hydroxyl groups excluding tert-OH is 1. The molecule has 0 heterocycles. The fourth-order valence-corrected chi connectivity index (χ4v) is 3.76. The van der Waals surface area contributed by atoms with E-state index in [1.807, 2.05) is 0 Å². The molecule has 1 N–H and O–H groups in total. The van der Waals surface area contributed by atoms with Gasteiger partial charge in [-0.25, -0.2) is 0 Å². The molecule has 0 radical (unpaired) electrons. The molecule has 1 aliphatic rings. The molecule has 0 saturated heterocycles. The van der Waals surface area contributed by atoms with E-state index >= 15 is 0 Å². The third-order valence-corrected chi connectivity index (χ3v) is 5.22. The molecule has 160 valence electrons. The molecule has 0 atom stereocenters. The van der Waals surface area contributed by atoms with Crippen molar-refractivity contribution in [3.63, 3.8) is 0 Å². The summed E-state index contributed by atoms with van der Waals surface area (Å²) in [5, 5.41) is 9.34.